The smallest absolute Gasteiger partial charge is 0.129 e. The molecule has 9 aromatic rings. The van der Waals surface area contributed by atoms with Crippen LogP contribution in [0.1, 0.15) is 49.9 Å². The highest BCUT2D eigenvalue weighted by molar-refractivity contribution is 5.99. The zero-order valence-electron chi connectivity index (χ0n) is 36.7. The lowest BCUT2D eigenvalue weighted by molar-refractivity contribution is 0.483. The maximum Gasteiger partial charge on any atom is 0.129 e. The lowest BCUT2D eigenvalue weighted by Crippen LogP contribution is -2.25. The summed E-state index contributed by atoms with van der Waals surface area (Å²) in [5.74, 6) is 1.52. The average molecular weight is 828 g/mol. The van der Waals surface area contributed by atoms with Crippen LogP contribution in [0, 0.1) is 0 Å². The van der Waals surface area contributed by atoms with E-state index in [4.69, 9.17) is 9.72 Å². The van der Waals surface area contributed by atoms with Crippen molar-refractivity contribution in [3.05, 3.63) is 235 Å². The molecule has 0 unspecified atom stereocenters. The van der Waals surface area contributed by atoms with Gasteiger partial charge in [-0.2, -0.15) is 0 Å². The third kappa shape index (κ3) is 6.74. The van der Waals surface area contributed by atoms with Gasteiger partial charge < -0.3 is 14.5 Å². The van der Waals surface area contributed by atoms with E-state index in [9.17, 15) is 0 Å². The van der Waals surface area contributed by atoms with Crippen LogP contribution in [0.4, 0.5) is 22.7 Å². The molecule has 0 bridgehead atoms. The van der Waals surface area contributed by atoms with Crippen LogP contribution >= 0.6 is 0 Å². The first-order chi connectivity index (χ1) is 31.2. The Labute approximate surface area is 376 Å². The van der Waals surface area contributed by atoms with Crippen molar-refractivity contribution in [2.75, 3.05) is 16.5 Å². The quantitative estimate of drug-likeness (QED) is 0.153. The number of benzene rings is 8. The minimum atomic E-state index is -0.300. The Morgan fingerprint density at radius 3 is 1.64 bits per heavy atom. The summed E-state index contributed by atoms with van der Waals surface area (Å²) in [5, 5.41) is 0. The van der Waals surface area contributed by atoms with Gasteiger partial charge in [-0.3, -0.25) is 4.98 Å². The summed E-state index contributed by atoms with van der Waals surface area (Å²) in [6.07, 6.45) is 1.94. The van der Waals surface area contributed by atoms with Gasteiger partial charge in [0, 0.05) is 40.1 Å². The summed E-state index contributed by atoms with van der Waals surface area (Å²) in [7, 11) is 0. The molecule has 64 heavy (non-hydrogen) atoms. The molecule has 310 valence electrons. The van der Waals surface area contributed by atoms with Crippen molar-refractivity contribution in [3.63, 3.8) is 0 Å². The summed E-state index contributed by atoms with van der Waals surface area (Å²) in [6.45, 7) is 9.87. The fourth-order valence-electron chi connectivity index (χ4n) is 9.89. The van der Waals surface area contributed by atoms with Gasteiger partial charge in [0.05, 0.1) is 22.8 Å². The lowest BCUT2D eigenvalue weighted by Gasteiger charge is -2.30. The van der Waals surface area contributed by atoms with Gasteiger partial charge >= 0.3 is 0 Å². The number of hydrogen-bond donors (Lipinski definition) is 0. The Hall–Kier alpha value is -7.69. The van der Waals surface area contributed by atoms with Gasteiger partial charge in [0.1, 0.15) is 18.2 Å². The predicted molar refractivity (Wildman–Crippen MR) is 265 cm³/mol. The van der Waals surface area contributed by atoms with Gasteiger partial charge in [-0.15, -0.1) is 0 Å². The molecule has 1 aromatic heterocycles. The molecule has 0 spiro atoms. The molecule has 8 aromatic carbocycles. The highest BCUT2D eigenvalue weighted by atomic mass is 16.5. The third-order valence-electron chi connectivity index (χ3n) is 13.2. The van der Waals surface area contributed by atoms with Crippen LogP contribution in [0.5, 0.6) is 11.5 Å². The van der Waals surface area contributed by atoms with Crippen molar-refractivity contribution in [3.8, 4) is 56.1 Å². The maximum atomic E-state index is 6.71. The Morgan fingerprint density at radius 2 is 1.02 bits per heavy atom. The van der Waals surface area contributed by atoms with Crippen molar-refractivity contribution in [2.24, 2.45) is 0 Å². The molecule has 11 rings (SSSR count). The number of para-hydroxylation sites is 2. The number of rotatable bonds is 8. The van der Waals surface area contributed by atoms with Crippen molar-refractivity contribution >= 4 is 22.7 Å². The number of anilines is 4. The molecule has 0 atom stereocenters. The van der Waals surface area contributed by atoms with Crippen LogP contribution in [-0.2, 0) is 10.8 Å². The van der Waals surface area contributed by atoms with Gasteiger partial charge in [0.25, 0.3) is 0 Å². The van der Waals surface area contributed by atoms with Crippen LogP contribution in [0.25, 0.3) is 44.6 Å². The number of fused-ring (bicyclic) bond motifs is 4. The number of nitrogens with zero attached hydrogens (tertiary/aromatic N) is 3. The average Bonchev–Trinajstić information content (AvgIpc) is 3.85. The first kappa shape index (κ1) is 39.2. The fraction of sp³-hybridized carbons (Fsp3) is 0.117. The van der Waals surface area contributed by atoms with E-state index in [0.717, 1.165) is 39.8 Å². The summed E-state index contributed by atoms with van der Waals surface area (Å²) in [5.41, 5.74) is 18.7. The lowest BCUT2D eigenvalue weighted by atomic mass is 9.74. The van der Waals surface area contributed by atoms with E-state index in [1.54, 1.807) is 0 Å². The van der Waals surface area contributed by atoms with E-state index in [2.05, 4.69) is 232 Å². The van der Waals surface area contributed by atoms with Crippen LogP contribution in [0.2, 0.25) is 0 Å². The first-order valence-corrected chi connectivity index (χ1v) is 22.2. The molecule has 0 fully saturated rings. The first-order valence-electron chi connectivity index (χ1n) is 22.2. The van der Waals surface area contributed by atoms with Crippen LogP contribution in [0.3, 0.4) is 0 Å². The van der Waals surface area contributed by atoms with Crippen molar-refractivity contribution in [2.45, 2.75) is 38.5 Å². The van der Waals surface area contributed by atoms with E-state index in [-0.39, 0.29) is 10.8 Å². The van der Waals surface area contributed by atoms with E-state index in [1.165, 1.54) is 61.3 Å². The summed E-state index contributed by atoms with van der Waals surface area (Å²) in [4.78, 5) is 9.78. The second kappa shape index (κ2) is 15.6. The highest BCUT2D eigenvalue weighted by Gasteiger charge is 2.40. The summed E-state index contributed by atoms with van der Waals surface area (Å²) >= 11 is 0. The second-order valence-electron chi connectivity index (χ2n) is 18.2. The van der Waals surface area contributed by atoms with Gasteiger partial charge in [-0.1, -0.05) is 160 Å². The highest BCUT2D eigenvalue weighted by Crippen LogP contribution is 2.54. The monoisotopic (exact) mass is 827 g/mol. The number of pyridine rings is 1. The number of ether oxygens (including phenoxy) is 1. The van der Waals surface area contributed by atoms with Crippen LogP contribution in [0.15, 0.2) is 212 Å². The van der Waals surface area contributed by atoms with Crippen LogP contribution in [-0.4, -0.2) is 11.7 Å². The number of aromatic nitrogens is 1. The largest absolute Gasteiger partial charge is 0.457 e. The molecule has 4 heteroatoms. The SMILES string of the molecule is CC(C)(C)c1cc(-c2ccccc2)c(N2CN(c3cccc(Oc4cccc(-c5cc(C6(C)c7ccccc7-c7ccccc76)ccn5)c4)c3)c3ccccc32)c(-c2ccccc2)c1. The molecule has 0 amide bonds. The Morgan fingerprint density at radius 1 is 0.484 bits per heavy atom. The Kier molecular flexibility index (Phi) is 9.54. The standard InChI is InChI=1S/C60H49N3O/c1-59(2,3)45-36-51(41-19-7-5-8-20-41)58(52(37-45)42-21-9-6-10-22-42)63-40-62(56-31-15-16-32-57(56)63)46-24-18-26-48(39-46)64-47-25-17-23-43(35-47)55-38-44(33-34-61-55)60(4)53-29-13-11-27-49(53)50-28-12-14-30-54(50)60/h5-39H,40H2,1-4H3. The molecule has 2 heterocycles. The molecule has 4 nitrogen and oxygen atoms in total. The van der Waals surface area contributed by atoms with Gasteiger partial charge in [0.15, 0.2) is 0 Å². The normalized spacial score (nSPS) is 13.6. The summed E-state index contributed by atoms with van der Waals surface area (Å²) < 4.78 is 6.71. The molecule has 0 saturated carbocycles. The minimum absolute atomic E-state index is 0.0469. The second-order valence-corrected chi connectivity index (χ2v) is 18.2. The van der Waals surface area contributed by atoms with E-state index < -0.39 is 0 Å². The zero-order valence-corrected chi connectivity index (χ0v) is 36.7. The topological polar surface area (TPSA) is 28.6 Å². The van der Waals surface area contributed by atoms with Gasteiger partial charge in [-0.25, -0.2) is 0 Å². The van der Waals surface area contributed by atoms with E-state index >= 15 is 0 Å². The maximum absolute atomic E-state index is 6.71. The molecule has 2 aliphatic rings. The molecule has 0 saturated heterocycles. The predicted octanol–water partition coefficient (Wildman–Crippen LogP) is 15.8. The van der Waals surface area contributed by atoms with E-state index in [1.807, 2.05) is 18.3 Å². The molecular weight excluding hydrogens is 779 g/mol. The van der Waals surface area contributed by atoms with Crippen molar-refractivity contribution in [1.29, 1.82) is 0 Å². The fourth-order valence-corrected chi connectivity index (χ4v) is 9.89. The molecule has 0 radical (unpaired) electrons. The molecule has 1 aliphatic carbocycles. The molecular formula is C60H49N3O. The molecule has 0 N–H and O–H groups in total. The van der Waals surface area contributed by atoms with Crippen molar-refractivity contribution in [1.82, 2.24) is 4.98 Å². The van der Waals surface area contributed by atoms with Gasteiger partial charge in [-0.05, 0) is 118 Å². The summed E-state index contributed by atoms with van der Waals surface area (Å²) in [6, 6.07) is 74.0. The Balaban J connectivity index is 0.934. The molecule has 1 aliphatic heterocycles. The number of hydrogen-bond acceptors (Lipinski definition) is 4. The zero-order chi connectivity index (χ0) is 43.4. The minimum Gasteiger partial charge on any atom is -0.457 e. The van der Waals surface area contributed by atoms with Gasteiger partial charge in [0.2, 0.25) is 0 Å². The van der Waals surface area contributed by atoms with Crippen LogP contribution < -0.4 is 14.5 Å². The van der Waals surface area contributed by atoms with Crippen molar-refractivity contribution < 1.29 is 4.74 Å². The van der Waals surface area contributed by atoms with E-state index in [0.29, 0.717) is 6.67 Å². The third-order valence-corrected chi connectivity index (χ3v) is 13.2. The Bertz CT molecular complexity index is 3080.